The summed E-state index contributed by atoms with van der Waals surface area (Å²) in [6.07, 6.45) is 0.966. The van der Waals surface area contributed by atoms with Crippen molar-refractivity contribution in [3.63, 3.8) is 0 Å². The molecule has 0 aromatic heterocycles. The predicted octanol–water partition coefficient (Wildman–Crippen LogP) is 2.69. The number of benzene rings is 1. The molecule has 0 fully saturated rings. The third-order valence-corrected chi connectivity index (χ3v) is 3.19. The molecule has 0 saturated carbocycles. The average molecular weight is 222 g/mol. The molecule has 0 spiro atoms. The Morgan fingerprint density at radius 2 is 1.81 bits per heavy atom. The van der Waals surface area contributed by atoms with Gasteiger partial charge < -0.3 is 10.2 Å². The quantitative estimate of drug-likeness (QED) is 0.804. The Labute approximate surface area is 97.9 Å². The zero-order chi connectivity index (χ0) is 12.2. The molecule has 3 unspecified atom stereocenters. The van der Waals surface area contributed by atoms with E-state index in [1.165, 1.54) is 0 Å². The number of rotatable bonds is 5. The van der Waals surface area contributed by atoms with E-state index >= 15 is 0 Å². The van der Waals surface area contributed by atoms with Crippen LogP contribution in [0.2, 0.25) is 0 Å². The van der Waals surface area contributed by atoms with Gasteiger partial charge in [-0.15, -0.1) is 0 Å². The van der Waals surface area contributed by atoms with Gasteiger partial charge in [-0.1, -0.05) is 44.2 Å². The molecule has 0 aliphatic heterocycles. The van der Waals surface area contributed by atoms with Crippen molar-refractivity contribution >= 4 is 0 Å². The predicted molar refractivity (Wildman–Crippen MR) is 66.1 cm³/mol. The minimum absolute atomic E-state index is 0.0974. The zero-order valence-corrected chi connectivity index (χ0v) is 10.4. The molecule has 1 aromatic carbocycles. The number of aliphatic hydroxyl groups is 2. The molecule has 0 heterocycles. The zero-order valence-electron chi connectivity index (χ0n) is 10.4. The molecular formula is C14H22O2. The Hall–Kier alpha value is -0.860. The summed E-state index contributed by atoms with van der Waals surface area (Å²) in [6, 6.07) is 9.62. The van der Waals surface area contributed by atoms with Crippen LogP contribution in [-0.2, 0) is 5.60 Å². The van der Waals surface area contributed by atoms with E-state index in [0.717, 1.165) is 12.0 Å². The van der Waals surface area contributed by atoms with Crippen LogP contribution in [0.15, 0.2) is 30.3 Å². The van der Waals surface area contributed by atoms with E-state index in [4.69, 9.17) is 0 Å². The molecule has 2 heteroatoms. The van der Waals surface area contributed by atoms with Crippen LogP contribution in [0.5, 0.6) is 0 Å². The molecule has 0 bridgehead atoms. The molecule has 0 amide bonds. The fourth-order valence-electron chi connectivity index (χ4n) is 2.08. The standard InChI is InChI=1S/C14H22O2/c1-4-13(15)11(2)10-14(3,16)12-8-6-5-7-9-12/h5-9,11,13,15-16H,4,10H2,1-3H3. The Morgan fingerprint density at radius 3 is 2.31 bits per heavy atom. The van der Waals surface area contributed by atoms with Gasteiger partial charge in [-0.25, -0.2) is 0 Å². The van der Waals surface area contributed by atoms with Crippen LogP contribution in [0.4, 0.5) is 0 Å². The largest absolute Gasteiger partial charge is 0.393 e. The summed E-state index contributed by atoms with van der Waals surface area (Å²) in [7, 11) is 0. The molecule has 0 aliphatic rings. The van der Waals surface area contributed by atoms with E-state index in [0.29, 0.717) is 6.42 Å². The minimum atomic E-state index is -0.864. The van der Waals surface area contributed by atoms with E-state index in [1.807, 2.05) is 44.2 Å². The third kappa shape index (κ3) is 3.32. The van der Waals surface area contributed by atoms with Crippen LogP contribution >= 0.6 is 0 Å². The molecule has 0 radical (unpaired) electrons. The van der Waals surface area contributed by atoms with E-state index in [2.05, 4.69) is 0 Å². The topological polar surface area (TPSA) is 40.5 Å². The normalized spacial score (nSPS) is 18.8. The fourth-order valence-corrected chi connectivity index (χ4v) is 2.08. The lowest BCUT2D eigenvalue weighted by molar-refractivity contribution is 0.00137. The third-order valence-electron chi connectivity index (χ3n) is 3.19. The van der Waals surface area contributed by atoms with Gasteiger partial charge >= 0.3 is 0 Å². The van der Waals surface area contributed by atoms with Crippen molar-refractivity contribution < 1.29 is 10.2 Å². The van der Waals surface area contributed by atoms with Gasteiger partial charge in [-0.2, -0.15) is 0 Å². The van der Waals surface area contributed by atoms with Gasteiger partial charge in [-0.05, 0) is 31.2 Å². The van der Waals surface area contributed by atoms with Crippen LogP contribution in [0.3, 0.4) is 0 Å². The molecular weight excluding hydrogens is 200 g/mol. The maximum Gasteiger partial charge on any atom is 0.0872 e. The van der Waals surface area contributed by atoms with Crippen molar-refractivity contribution in [1.29, 1.82) is 0 Å². The van der Waals surface area contributed by atoms with Crippen molar-refractivity contribution in [3.05, 3.63) is 35.9 Å². The SMILES string of the molecule is CCC(O)C(C)CC(C)(O)c1ccccc1. The second-order valence-corrected chi connectivity index (χ2v) is 4.80. The van der Waals surface area contributed by atoms with Crippen LogP contribution in [0, 0.1) is 5.92 Å². The molecule has 1 aromatic rings. The Kier molecular flexibility index (Phi) is 4.51. The summed E-state index contributed by atoms with van der Waals surface area (Å²) in [5.41, 5.74) is 0.0433. The lowest BCUT2D eigenvalue weighted by atomic mass is 9.84. The minimum Gasteiger partial charge on any atom is -0.393 e. The second-order valence-electron chi connectivity index (χ2n) is 4.80. The van der Waals surface area contributed by atoms with Crippen molar-refractivity contribution in [1.82, 2.24) is 0 Å². The lowest BCUT2D eigenvalue weighted by Crippen LogP contribution is -2.29. The smallest absolute Gasteiger partial charge is 0.0872 e. The first-order valence-electron chi connectivity index (χ1n) is 5.93. The van der Waals surface area contributed by atoms with Crippen LogP contribution in [-0.4, -0.2) is 16.3 Å². The highest BCUT2D eigenvalue weighted by Crippen LogP contribution is 2.29. The van der Waals surface area contributed by atoms with Crippen molar-refractivity contribution in [2.24, 2.45) is 5.92 Å². The average Bonchev–Trinajstić information content (AvgIpc) is 2.28. The van der Waals surface area contributed by atoms with Gasteiger partial charge in [0, 0.05) is 0 Å². The van der Waals surface area contributed by atoms with Crippen molar-refractivity contribution in [3.8, 4) is 0 Å². The van der Waals surface area contributed by atoms with Gasteiger partial charge in [0.1, 0.15) is 0 Å². The first kappa shape index (κ1) is 13.2. The van der Waals surface area contributed by atoms with E-state index in [9.17, 15) is 10.2 Å². The van der Waals surface area contributed by atoms with E-state index in [1.54, 1.807) is 6.92 Å². The van der Waals surface area contributed by atoms with E-state index in [-0.39, 0.29) is 12.0 Å². The molecule has 2 N–H and O–H groups in total. The summed E-state index contributed by atoms with van der Waals surface area (Å²) in [5.74, 6) is 0.0974. The van der Waals surface area contributed by atoms with Crippen LogP contribution < -0.4 is 0 Å². The Balaban J connectivity index is 2.72. The molecule has 0 saturated heterocycles. The Morgan fingerprint density at radius 1 is 1.25 bits per heavy atom. The molecule has 2 nitrogen and oxygen atoms in total. The first-order valence-corrected chi connectivity index (χ1v) is 5.93. The molecule has 1 rings (SSSR count). The van der Waals surface area contributed by atoms with Crippen LogP contribution in [0.25, 0.3) is 0 Å². The maximum atomic E-state index is 10.4. The summed E-state index contributed by atoms with van der Waals surface area (Å²) < 4.78 is 0. The second kappa shape index (κ2) is 5.46. The summed E-state index contributed by atoms with van der Waals surface area (Å²) in [6.45, 7) is 5.74. The molecule has 3 atom stereocenters. The summed E-state index contributed by atoms with van der Waals surface area (Å²) in [5, 5.41) is 20.1. The Bertz CT molecular complexity index is 306. The van der Waals surface area contributed by atoms with Gasteiger partial charge in [0.2, 0.25) is 0 Å². The molecule has 0 aliphatic carbocycles. The number of aliphatic hydroxyl groups excluding tert-OH is 1. The number of hydrogen-bond donors (Lipinski definition) is 2. The van der Waals surface area contributed by atoms with Crippen LogP contribution in [0.1, 0.15) is 39.2 Å². The van der Waals surface area contributed by atoms with Crippen molar-refractivity contribution in [2.75, 3.05) is 0 Å². The lowest BCUT2D eigenvalue weighted by Gasteiger charge is -2.29. The summed E-state index contributed by atoms with van der Waals surface area (Å²) >= 11 is 0. The van der Waals surface area contributed by atoms with Gasteiger partial charge in [0.15, 0.2) is 0 Å². The monoisotopic (exact) mass is 222 g/mol. The fraction of sp³-hybridized carbons (Fsp3) is 0.571. The first-order chi connectivity index (χ1) is 7.47. The highest BCUT2D eigenvalue weighted by molar-refractivity contribution is 5.21. The highest BCUT2D eigenvalue weighted by atomic mass is 16.3. The molecule has 90 valence electrons. The summed E-state index contributed by atoms with van der Waals surface area (Å²) in [4.78, 5) is 0. The van der Waals surface area contributed by atoms with Gasteiger partial charge in [0.25, 0.3) is 0 Å². The van der Waals surface area contributed by atoms with Crippen molar-refractivity contribution in [2.45, 2.75) is 45.3 Å². The maximum absolute atomic E-state index is 10.4. The van der Waals surface area contributed by atoms with Gasteiger partial charge in [0.05, 0.1) is 11.7 Å². The van der Waals surface area contributed by atoms with Gasteiger partial charge in [-0.3, -0.25) is 0 Å². The van der Waals surface area contributed by atoms with E-state index < -0.39 is 5.60 Å². The molecule has 16 heavy (non-hydrogen) atoms. The highest BCUT2D eigenvalue weighted by Gasteiger charge is 2.27. The number of hydrogen-bond acceptors (Lipinski definition) is 2.